The number of fused-ring (bicyclic) bond motifs is 2. The fourth-order valence-corrected chi connectivity index (χ4v) is 3.96. The Bertz CT molecular complexity index is 736. The van der Waals surface area contributed by atoms with E-state index in [-0.39, 0.29) is 17.8 Å². The molecular weight excluding hydrogens is 317 g/mol. The number of hydrogen-bond donors (Lipinski definition) is 2. The number of benzene rings is 1. The molecule has 7 heteroatoms. The third-order valence-electron chi connectivity index (χ3n) is 4.31. The summed E-state index contributed by atoms with van der Waals surface area (Å²) in [5, 5.41) is 7.35. The van der Waals surface area contributed by atoms with E-state index in [0.717, 1.165) is 24.2 Å². The van der Waals surface area contributed by atoms with E-state index in [9.17, 15) is 9.18 Å². The first-order chi connectivity index (χ1) is 11.2. The Balaban J connectivity index is 1.40. The molecule has 3 atom stereocenters. The van der Waals surface area contributed by atoms with Crippen LogP contribution in [0.1, 0.15) is 29.1 Å². The highest BCUT2D eigenvalue weighted by atomic mass is 32.1. The first-order valence-corrected chi connectivity index (χ1v) is 8.45. The van der Waals surface area contributed by atoms with E-state index >= 15 is 0 Å². The molecule has 3 heterocycles. The van der Waals surface area contributed by atoms with Crippen LogP contribution < -0.4 is 15.4 Å². The molecule has 120 valence electrons. The predicted octanol–water partition coefficient (Wildman–Crippen LogP) is 2.70. The van der Waals surface area contributed by atoms with Gasteiger partial charge in [-0.05, 0) is 31.4 Å². The number of nitrogens with zero attached hydrogens (tertiary/aromatic N) is 1. The van der Waals surface area contributed by atoms with Crippen molar-refractivity contribution in [1.82, 2.24) is 15.6 Å². The Kier molecular flexibility index (Phi) is 3.74. The first-order valence-electron chi connectivity index (χ1n) is 7.63. The van der Waals surface area contributed by atoms with Gasteiger partial charge in [-0.3, -0.25) is 4.79 Å². The summed E-state index contributed by atoms with van der Waals surface area (Å²) in [5.41, 5.74) is 0. The fourth-order valence-electron chi connectivity index (χ4n) is 3.27. The van der Waals surface area contributed by atoms with Crippen LogP contribution in [-0.2, 0) is 0 Å². The molecule has 2 aromatic rings. The van der Waals surface area contributed by atoms with Crippen molar-refractivity contribution in [2.45, 2.75) is 37.4 Å². The number of amides is 1. The number of carbonyl (C=O) groups excluding carboxylic acids is 1. The maximum absolute atomic E-state index is 13.1. The molecule has 0 aliphatic carbocycles. The average Bonchev–Trinajstić information content (AvgIpc) is 3.23. The Morgan fingerprint density at radius 2 is 2.35 bits per heavy atom. The van der Waals surface area contributed by atoms with Crippen LogP contribution >= 0.6 is 11.3 Å². The van der Waals surface area contributed by atoms with Crippen LogP contribution in [-0.4, -0.2) is 29.0 Å². The number of hydrogen-bond acceptors (Lipinski definition) is 5. The van der Waals surface area contributed by atoms with E-state index in [1.807, 2.05) is 0 Å². The van der Waals surface area contributed by atoms with Crippen LogP contribution in [0.2, 0.25) is 0 Å². The molecular formula is C16H16FN3O2S. The van der Waals surface area contributed by atoms with E-state index in [4.69, 9.17) is 4.74 Å². The molecule has 23 heavy (non-hydrogen) atoms. The maximum atomic E-state index is 13.1. The lowest BCUT2D eigenvalue weighted by Gasteiger charge is -2.20. The summed E-state index contributed by atoms with van der Waals surface area (Å²) >= 11 is 1.16. The number of ether oxygens (including phenoxy) is 1. The highest BCUT2D eigenvalue weighted by Gasteiger charge is 2.39. The van der Waals surface area contributed by atoms with Gasteiger partial charge in [-0.25, -0.2) is 9.37 Å². The topological polar surface area (TPSA) is 63.2 Å². The number of rotatable bonds is 4. The summed E-state index contributed by atoms with van der Waals surface area (Å²) in [7, 11) is 0. The lowest BCUT2D eigenvalue weighted by Crippen LogP contribution is -2.42. The summed E-state index contributed by atoms with van der Waals surface area (Å²) in [5.74, 6) is -0.157. The zero-order valence-electron chi connectivity index (χ0n) is 12.3. The van der Waals surface area contributed by atoms with Gasteiger partial charge in [0.25, 0.3) is 5.91 Å². The van der Waals surface area contributed by atoms with Gasteiger partial charge in [0.2, 0.25) is 5.06 Å². The maximum Gasteiger partial charge on any atom is 0.280 e. The molecule has 2 aliphatic heterocycles. The molecule has 1 aromatic carbocycles. The average molecular weight is 333 g/mol. The molecule has 0 spiro atoms. The van der Waals surface area contributed by atoms with Crippen molar-refractivity contribution in [3.05, 3.63) is 41.3 Å². The molecule has 3 unspecified atom stereocenters. The molecule has 1 amide bonds. The quantitative estimate of drug-likeness (QED) is 0.903. The second-order valence-electron chi connectivity index (χ2n) is 5.91. The Hall–Kier alpha value is -1.99. The van der Waals surface area contributed by atoms with Gasteiger partial charge in [0, 0.05) is 24.2 Å². The van der Waals surface area contributed by atoms with Gasteiger partial charge >= 0.3 is 0 Å². The number of nitrogens with one attached hydrogen (secondary N) is 2. The fraction of sp³-hybridized carbons (Fsp3) is 0.375. The number of aromatic nitrogens is 1. The van der Waals surface area contributed by atoms with E-state index < -0.39 is 0 Å². The van der Waals surface area contributed by atoms with E-state index in [1.54, 1.807) is 12.1 Å². The van der Waals surface area contributed by atoms with Crippen LogP contribution in [0.25, 0.3) is 0 Å². The van der Waals surface area contributed by atoms with Crippen LogP contribution in [0, 0.1) is 5.82 Å². The number of halogens is 1. The van der Waals surface area contributed by atoms with Crippen LogP contribution in [0.15, 0.2) is 30.5 Å². The molecule has 0 saturated carbocycles. The van der Waals surface area contributed by atoms with Crippen LogP contribution in [0.4, 0.5) is 4.39 Å². The monoisotopic (exact) mass is 333 g/mol. The highest BCUT2D eigenvalue weighted by molar-refractivity contribution is 7.15. The highest BCUT2D eigenvalue weighted by Crippen LogP contribution is 2.30. The second kappa shape index (κ2) is 5.90. The molecule has 2 fully saturated rings. The summed E-state index contributed by atoms with van der Waals surface area (Å²) in [6, 6.07) is 6.96. The molecule has 2 aliphatic rings. The lowest BCUT2D eigenvalue weighted by atomic mass is 9.95. The molecule has 2 N–H and O–H groups in total. The molecule has 1 aromatic heterocycles. The van der Waals surface area contributed by atoms with E-state index in [2.05, 4.69) is 15.6 Å². The second-order valence-corrected chi connectivity index (χ2v) is 6.90. The standard InChI is InChI=1S/C16H16FN3O2S/c17-9-2-1-3-11(6-9)22-14-8-18-16(23-14)15(21)20-13-7-10-4-5-12(13)19-10/h1-3,6,8,10,12-13,19H,4-5,7H2,(H,20,21). The van der Waals surface area contributed by atoms with Crippen molar-refractivity contribution < 1.29 is 13.9 Å². The summed E-state index contributed by atoms with van der Waals surface area (Å²) < 4.78 is 18.7. The molecule has 0 radical (unpaired) electrons. The van der Waals surface area contributed by atoms with Crippen molar-refractivity contribution in [2.75, 3.05) is 0 Å². The first kappa shape index (κ1) is 14.6. The normalized spacial score (nSPS) is 25.5. The van der Waals surface area contributed by atoms with Crippen LogP contribution in [0.5, 0.6) is 10.8 Å². The number of thiazole rings is 1. The summed E-state index contributed by atoms with van der Waals surface area (Å²) in [6.45, 7) is 0. The van der Waals surface area contributed by atoms with Gasteiger partial charge in [-0.2, -0.15) is 0 Å². The van der Waals surface area contributed by atoms with Gasteiger partial charge in [-0.1, -0.05) is 17.4 Å². The van der Waals surface area contributed by atoms with Gasteiger partial charge in [0.15, 0.2) is 5.01 Å². The number of carbonyl (C=O) groups is 1. The van der Waals surface area contributed by atoms with E-state index in [0.29, 0.717) is 27.9 Å². The predicted molar refractivity (Wildman–Crippen MR) is 84.4 cm³/mol. The van der Waals surface area contributed by atoms with Crippen molar-refractivity contribution >= 4 is 17.2 Å². The van der Waals surface area contributed by atoms with Crippen LogP contribution in [0.3, 0.4) is 0 Å². The zero-order valence-corrected chi connectivity index (χ0v) is 13.1. The van der Waals surface area contributed by atoms with Crippen molar-refractivity contribution in [2.24, 2.45) is 0 Å². The minimum Gasteiger partial charge on any atom is -0.445 e. The minimum atomic E-state index is -0.367. The molecule has 2 saturated heterocycles. The Morgan fingerprint density at radius 3 is 3.09 bits per heavy atom. The zero-order chi connectivity index (χ0) is 15.8. The Morgan fingerprint density at radius 1 is 1.43 bits per heavy atom. The summed E-state index contributed by atoms with van der Waals surface area (Å²) in [6.07, 6.45) is 4.78. The lowest BCUT2D eigenvalue weighted by molar-refractivity contribution is 0.0930. The Labute approximate surface area is 136 Å². The molecule has 4 rings (SSSR count). The van der Waals surface area contributed by atoms with Crippen molar-refractivity contribution in [1.29, 1.82) is 0 Å². The third kappa shape index (κ3) is 3.07. The molecule has 5 nitrogen and oxygen atoms in total. The van der Waals surface area contributed by atoms with Gasteiger partial charge in [-0.15, -0.1) is 0 Å². The van der Waals surface area contributed by atoms with Gasteiger partial charge in [0.05, 0.1) is 6.20 Å². The minimum absolute atomic E-state index is 0.177. The smallest absolute Gasteiger partial charge is 0.280 e. The van der Waals surface area contributed by atoms with Gasteiger partial charge < -0.3 is 15.4 Å². The SMILES string of the molecule is O=C(NC1CC2CCC1N2)c1ncc(Oc2cccc(F)c2)s1. The van der Waals surface area contributed by atoms with Crippen molar-refractivity contribution in [3.8, 4) is 10.8 Å². The van der Waals surface area contributed by atoms with Crippen molar-refractivity contribution in [3.63, 3.8) is 0 Å². The largest absolute Gasteiger partial charge is 0.445 e. The van der Waals surface area contributed by atoms with Gasteiger partial charge in [0.1, 0.15) is 11.6 Å². The summed E-state index contributed by atoms with van der Waals surface area (Å²) in [4.78, 5) is 16.4. The van der Waals surface area contributed by atoms with E-state index in [1.165, 1.54) is 24.8 Å². The third-order valence-corrected chi connectivity index (χ3v) is 5.18. The molecule has 2 bridgehead atoms.